The molecule has 1 heterocycles. The highest BCUT2D eigenvalue weighted by Crippen LogP contribution is 2.50. The molecule has 3 aliphatic rings. The number of nitrogens with zero attached hydrogens (tertiary/aromatic N) is 1. The molecular weight excluding hydrogens is 252 g/mol. The van der Waals surface area contributed by atoms with Gasteiger partial charge in [0.15, 0.2) is 0 Å². The van der Waals surface area contributed by atoms with Gasteiger partial charge in [0.2, 0.25) is 11.8 Å². The van der Waals surface area contributed by atoms with Crippen LogP contribution in [-0.4, -0.2) is 34.8 Å². The van der Waals surface area contributed by atoms with Gasteiger partial charge in [-0.2, -0.15) is 0 Å². The maximum Gasteiger partial charge on any atom is 0.249 e. The van der Waals surface area contributed by atoms with Crippen LogP contribution >= 0.6 is 0 Å². The minimum atomic E-state index is -0.563. The lowest BCUT2D eigenvalue weighted by molar-refractivity contribution is -0.156. The maximum atomic E-state index is 13.0. The van der Waals surface area contributed by atoms with Gasteiger partial charge in [0.25, 0.3) is 0 Å². The third kappa shape index (κ3) is 2.04. The van der Waals surface area contributed by atoms with E-state index in [1.54, 1.807) is 0 Å². The van der Waals surface area contributed by atoms with E-state index in [1.165, 1.54) is 12.8 Å². The van der Waals surface area contributed by atoms with Crippen LogP contribution in [0.4, 0.5) is 0 Å². The Balaban J connectivity index is 1.86. The molecule has 4 nitrogen and oxygen atoms in total. The van der Waals surface area contributed by atoms with Crippen molar-refractivity contribution in [2.45, 2.75) is 76.8 Å². The molecule has 2 aliphatic carbocycles. The van der Waals surface area contributed by atoms with Crippen LogP contribution in [-0.2, 0) is 9.59 Å². The Morgan fingerprint density at radius 3 is 2.30 bits per heavy atom. The maximum absolute atomic E-state index is 13.0. The molecule has 4 heteroatoms. The van der Waals surface area contributed by atoms with Gasteiger partial charge in [-0.15, -0.1) is 0 Å². The molecule has 0 aromatic rings. The molecule has 0 aromatic heterocycles. The molecule has 1 saturated heterocycles. The molecular formula is C16H26N2O2. The SMILES string of the molecule is CCC1C(=O)NC2(CCCC2)C(=O)N1CC1(CC)CC1. The summed E-state index contributed by atoms with van der Waals surface area (Å²) in [7, 11) is 0. The van der Waals surface area contributed by atoms with Gasteiger partial charge in [-0.05, 0) is 43.9 Å². The van der Waals surface area contributed by atoms with Crippen LogP contribution in [0, 0.1) is 5.41 Å². The van der Waals surface area contributed by atoms with Gasteiger partial charge in [0, 0.05) is 6.54 Å². The van der Waals surface area contributed by atoms with Crippen molar-refractivity contribution < 1.29 is 9.59 Å². The zero-order valence-corrected chi connectivity index (χ0v) is 12.7. The second-order valence-corrected chi connectivity index (χ2v) is 6.99. The quantitative estimate of drug-likeness (QED) is 0.857. The molecule has 0 bridgehead atoms. The fourth-order valence-corrected chi connectivity index (χ4v) is 4.00. The number of hydrogen-bond acceptors (Lipinski definition) is 2. The minimum absolute atomic E-state index is 0.0703. The number of carbonyl (C=O) groups excluding carboxylic acids is 2. The van der Waals surface area contributed by atoms with Crippen molar-refractivity contribution in [3.05, 3.63) is 0 Å². The second kappa shape index (κ2) is 4.74. The van der Waals surface area contributed by atoms with Crippen LogP contribution in [0.1, 0.15) is 65.2 Å². The van der Waals surface area contributed by atoms with E-state index in [0.717, 1.165) is 38.6 Å². The minimum Gasteiger partial charge on any atom is -0.340 e. The van der Waals surface area contributed by atoms with Gasteiger partial charge in [-0.3, -0.25) is 9.59 Å². The van der Waals surface area contributed by atoms with Gasteiger partial charge in [-0.1, -0.05) is 26.7 Å². The van der Waals surface area contributed by atoms with E-state index in [9.17, 15) is 9.59 Å². The van der Waals surface area contributed by atoms with E-state index in [4.69, 9.17) is 0 Å². The van der Waals surface area contributed by atoms with Crippen molar-refractivity contribution in [3.63, 3.8) is 0 Å². The van der Waals surface area contributed by atoms with Crippen molar-refractivity contribution in [1.29, 1.82) is 0 Å². The first-order valence-corrected chi connectivity index (χ1v) is 8.19. The molecule has 1 atom stereocenters. The lowest BCUT2D eigenvalue weighted by Gasteiger charge is -2.45. The number of rotatable bonds is 4. The number of carbonyl (C=O) groups is 2. The molecule has 20 heavy (non-hydrogen) atoms. The average molecular weight is 278 g/mol. The molecule has 3 rings (SSSR count). The van der Waals surface area contributed by atoms with Crippen LogP contribution in [0.5, 0.6) is 0 Å². The average Bonchev–Trinajstić information content (AvgIpc) is 3.07. The highest BCUT2D eigenvalue weighted by Gasteiger charge is 2.54. The van der Waals surface area contributed by atoms with Gasteiger partial charge in [0.1, 0.15) is 11.6 Å². The van der Waals surface area contributed by atoms with Crippen molar-refractivity contribution >= 4 is 11.8 Å². The third-order valence-corrected chi connectivity index (χ3v) is 5.77. The van der Waals surface area contributed by atoms with E-state index in [2.05, 4.69) is 12.2 Å². The Kier molecular flexibility index (Phi) is 3.30. The summed E-state index contributed by atoms with van der Waals surface area (Å²) < 4.78 is 0. The van der Waals surface area contributed by atoms with E-state index >= 15 is 0 Å². The van der Waals surface area contributed by atoms with E-state index in [1.807, 2.05) is 11.8 Å². The first kappa shape index (κ1) is 13.9. The lowest BCUT2D eigenvalue weighted by atomic mass is 9.88. The van der Waals surface area contributed by atoms with Crippen molar-refractivity contribution in [2.24, 2.45) is 5.41 Å². The molecule has 1 N–H and O–H groups in total. The fraction of sp³-hybridized carbons (Fsp3) is 0.875. The number of piperazine rings is 1. The normalized spacial score (nSPS) is 30.7. The summed E-state index contributed by atoms with van der Waals surface area (Å²) in [5.74, 6) is 0.266. The highest BCUT2D eigenvalue weighted by molar-refractivity contribution is 6.00. The summed E-state index contributed by atoms with van der Waals surface area (Å²) >= 11 is 0. The van der Waals surface area contributed by atoms with Crippen molar-refractivity contribution in [2.75, 3.05) is 6.54 Å². The van der Waals surface area contributed by atoms with Gasteiger partial charge in [-0.25, -0.2) is 0 Å². The Morgan fingerprint density at radius 2 is 1.80 bits per heavy atom. The third-order valence-electron chi connectivity index (χ3n) is 5.77. The standard InChI is InChI=1S/C16H26N2O2/c1-3-12-13(19)17-16(7-5-6-8-16)14(20)18(12)11-15(4-2)9-10-15/h12H,3-11H2,1-2H3,(H,17,19). The molecule has 1 aliphatic heterocycles. The predicted octanol–water partition coefficient (Wildman–Crippen LogP) is 2.23. The molecule has 2 amide bonds. The molecule has 2 saturated carbocycles. The molecule has 112 valence electrons. The summed E-state index contributed by atoms with van der Waals surface area (Å²) in [6.07, 6.45) is 7.99. The highest BCUT2D eigenvalue weighted by atomic mass is 16.2. The van der Waals surface area contributed by atoms with Crippen molar-refractivity contribution in [1.82, 2.24) is 10.2 Å². The van der Waals surface area contributed by atoms with Gasteiger partial charge >= 0.3 is 0 Å². The Morgan fingerprint density at radius 1 is 1.15 bits per heavy atom. The number of amides is 2. The zero-order valence-electron chi connectivity index (χ0n) is 12.7. The molecule has 1 spiro atoms. The summed E-state index contributed by atoms with van der Waals surface area (Å²) in [5, 5.41) is 3.07. The van der Waals surface area contributed by atoms with E-state index in [-0.39, 0.29) is 17.9 Å². The molecule has 0 aromatic carbocycles. The topological polar surface area (TPSA) is 49.4 Å². The molecule has 3 fully saturated rings. The van der Waals surface area contributed by atoms with Crippen LogP contribution in [0.2, 0.25) is 0 Å². The summed E-state index contributed by atoms with van der Waals surface area (Å²) in [5.41, 5.74) is -0.257. The van der Waals surface area contributed by atoms with Crippen LogP contribution in [0.15, 0.2) is 0 Å². The first-order valence-electron chi connectivity index (χ1n) is 8.19. The first-order chi connectivity index (χ1) is 9.56. The second-order valence-electron chi connectivity index (χ2n) is 6.99. The smallest absolute Gasteiger partial charge is 0.249 e. The van der Waals surface area contributed by atoms with Gasteiger partial charge in [0.05, 0.1) is 0 Å². The lowest BCUT2D eigenvalue weighted by Crippen LogP contribution is -2.69. The molecule has 0 radical (unpaired) electrons. The Labute approximate surface area is 121 Å². The van der Waals surface area contributed by atoms with Gasteiger partial charge < -0.3 is 10.2 Å². The van der Waals surface area contributed by atoms with E-state index in [0.29, 0.717) is 11.8 Å². The van der Waals surface area contributed by atoms with Crippen molar-refractivity contribution in [3.8, 4) is 0 Å². The largest absolute Gasteiger partial charge is 0.340 e. The fourth-order valence-electron chi connectivity index (χ4n) is 4.00. The van der Waals surface area contributed by atoms with E-state index < -0.39 is 5.54 Å². The Bertz CT molecular complexity index is 422. The monoisotopic (exact) mass is 278 g/mol. The summed E-state index contributed by atoms with van der Waals surface area (Å²) in [4.78, 5) is 27.4. The van der Waals surface area contributed by atoms with Crippen LogP contribution < -0.4 is 5.32 Å². The predicted molar refractivity (Wildman–Crippen MR) is 77.1 cm³/mol. The summed E-state index contributed by atoms with van der Waals surface area (Å²) in [6.45, 7) is 4.99. The zero-order chi connectivity index (χ0) is 14.4. The molecule has 1 unspecified atom stereocenters. The number of hydrogen-bond donors (Lipinski definition) is 1. The Hall–Kier alpha value is -1.06. The van der Waals surface area contributed by atoms with Crippen LogP contribution in [0.3, 0.4) is 0 Å². The number of nitrogens with one attached hydrogen (secondary N) is 1. The summed E-state index contributed by atoms with van der Waals surface area (Å²) in [6, 6.07) is -0.252. The van der Waals surface area contributed by atoms with Crippen LogP contribution in [0.25, 0.3) is 0 Å².